The summed E-state index contributed by atoms with van der Waals surface area (Å²) in [4.78, 5) is 4.28. The van der Waals surface area contributed by atoms with Gasteiger partial charge in [0.05, 0.1) is 31.1 Å². The molecular weight excluding hydrogens is 320 g/mol. The van der Waals surface area contributed by atoms with Crippen LogP contribution in [0.2, 0.25) is 0 Å². The highest BCUT2D eigenvalue weighted by molar-refractivity contribution is 9.10. The molecule has 3 aromatic heterocycles. The smallest absolute Gasteiger partial charge is 0.106 e. The fraction of sp³-hybridized carbons (Fsp3) is 0.286. The molecule has 0 spiro atoms. The molecule has 0 aromatic carbocycles. The first-order valence-corrected chi connectivity index (χ1v) is 7.10. The van der Waals surface area contributed by atoms with Crippen molar-refractivity contribution in [2.45, 2.75) is 6.54 Å². The Labute approximate surface area is 125 Å². The molecule has 0 aliphatic rings. The van der Waals surface area contributed by atoms with Gasteiger partial charge in [0.25, 0.3) is 0 Å². The number of hydrogen-bond donors (Lipinski definition) is 0. The van der Waals surface area contributed by atoms with Gasteiger partial charge in [-0.1, -0.05) is 0 Å². The van der Waals surface area contributed by atoms with E-state index in [0.29, 0.717) is 6.61 Å². The summed E-state index contributed by atoms with van der Waals surface area (Å²) >= 11 is 3.43. The van der Waals surface area contributed by atoms with Gasteiger partial charge in [0.2, 0.25) is 0 Å². The van der Waals surface area contributed by atoms with Crippen molar-refractivity contribution in [1.29, 1.82) is 0 Å². The largest absolute Gasteiger partial charge is 0.383 e. The summed E-state index contributed by atoms with van der Waals surface area (Å²) in [6.07, 6.45) is 7.91. The quantitative estimate of drug-likeness (QED) is 0.689. The summed E-state index contributed by atoms with van der Waals surface area (Å²) in [6.45, 7) is 1.42. The Morgan fingerprint density at radius 1 is 1.30 bits per heavy atom. The van der Waals surface area contributed by atoms with Crippen molar-refractivity contribution in [3.05, 3.63) is 35.5 Å². The molecule has 0 saturated heterocycles. The maximum atomic E-state index is 5.07. The van der Waals surface area contributed by atoms with Crippen molar-refractivity contribution < 1.29 is 4.74 Å². The highest BCUT2D eigenvalue weighted by Gasteiger charge is 2.11. The van der Waals surface area contributed by atoms with Crippen LogP contribution in [0.3, 0.4) is 0 Å². The van der Waals surface area contributed by atoms with Gasteiger partial charge in [-0.15, -0.1) is 0 Å². The molecule has 0 aliphatic heterocycles. The van der Waals surface area contributed by atoms with Crippen molar-refractivity contribution in [1.82, 2.24) is 19.3 Å². The number of ether oxygens (including phenoxy) is 1. The zero-order valence-electron chi connectivity index (χ0n) is 11.4. The lowest BCUT2D eigenvalue weighted by Crippen LogP contribution is -2.03. The van der Waals surface area contributed by atoms with Crippen LogP contribution in [0.5, 0.6) is 0 Å². The lowest BCUT2D eigenvalue weighted by atomic mass is 10.1. The summed E-state index contributed by atoms with van der Waals surface area (Å²) in [5, 5.41) is 5.54. The molecule has 0 atom stereocenters. The monoisotopic (exact) mass is 334 g/mol. The van der Waals surface area contributed by atoms with E-state index in [1.165, 1.54) is 5.39 Å². The number of methoxy groups -OCH3 is 1. The minimum atomic E-state index is 0.659. The Kier molecular flexibility index (Phi) is 3.58. The molecule has 104 valence electrons. The minimum Gasteiger partial charge on any atom is -0.383 e. The molecule has 0 amide bonds. The van der Waals surface area contributed by atoms with Crippen LogP contribution in [0.25, 0.3) is 22.0 Å². The van der Waals surface area contributed by atoms with E-state index < -0.39 is 0 Å². The second-order valence-electron chi connectivity index (χ2n) is 4.66. The Hall–Kier alpha value is -1.66. The summed E-state index contributed by atoms with van der Waals surface area (Å²) in [7, 11) is 3.72. The Morgan fingerprint density at radius 3 is 2.95 bits per heavy atom. The Morgan fingerprint density at radius 2 is 2.15 bits per heavy atom. The van der Waals surface area contributed by atoms with Crippen molar-refractivity contribution in [3.63, 3.8) is 0 Å². The zero-order chi connectivity index (χ0) is 14.1. The third kappa shape index (κ3) is 2.36. The topological polar surface area (TPSA) is 44.9 Å². The summed E-state index contributed by atoms with van der Waals surface area (Å²) in [5.74, 6) is 0. The maximum absolute atomic E-state index is 5.07. The van der Waals surface area contributed by atoms with Crippen LogP contribution in [0.15, 0.2) is 35.5 Å². The molecule has 0 aliphatic carbocycles. The number of rotatable bonds is 4. The van der Waals surface area contributed by atoms with E-state index in [1.54, 1.807) is 7.11 Å². The molecule has 20 heavy (non-hydrogen) atoms. The lowest BCUT2D eigenvalue weighted by Gasteiger charge is -1.98. The van der Waals surface area contributed by atoms with Crippen LogP contribution in [0, 0.1) is 0 Å². The van der Waals surface area contributed by atoms with Gasteiger partial charge >= 0.3 is 0 Å². The van der Waals surface area contributed by atoms with Crippen LogP contribution >= 0.6 is 15.9 Å². The molecule has 0 radical (unpaired) electrons. The number of nitrogens with zero attached hydrogens (tertiary/aromatic N) is 4. The van der Waals surface area contributed by atoms with E-state index in [4.69, 9.17) is 4.74 Å². The average molecular weight is 335 g/mol. The van der Waals surface area contributed by atoms with Crippen molar-refractivity contribution >= 4 is 26.8 Å². The SMILES string of the molecule is COCCn1cc(-c2cn(C)c3cnc(Br)cc23)cn1. The fourth-order valence-electron chi connectivity index (χ4n) is 2.29. The van der Waals surface area contributed by atoms with Crippen molar-refractivity contribution in [3.8, 4) is 11.1 Å². The number of aryl methyl sites for hydroxylation is 1. The van der Waals surface area contributed by atoms with Crippen LogP contribution in [-0.2, 0) is 18.3 Å². The average Bonchev–Trinajstić information content (AvgIpc) is 3.01. The Balaban J connectivity index is 2.05. The first-order valence-electron chi connectivity index (χ1n) is 6.31. The molecule has 3 rings (SSSR count). The van der Waals surface area contributed by atoms with Crippen LogP contribution < -0.4 is 0 Å². The van der Waals surface area contributed by atoms with Gasteiger partial charge in [0.15, 0.2) is 0 Å². The molecule has 0 fully saturated rings. The number of fused-ring (bicyclic) bond motifs is 1. The van der Waals surface area contributed by atoms with Gasteiger partial charge in [-0.25, -0.2) is 4.98 Å². The van der Waals surface area contributed by atoms with Crippen LogP contribution in [-0.4, -0.2) is 33.0 Å². The molecule has 0 bridgehead atoms. The summed E-state index contributed by atoms with van der Waals surface area (Å²) in [6, 6.07) is 2.04. The fourth-order valence-corrected chi connectivity index (χ4v) is 2.62. The van der Waals surface area contributed by atoms with Gasteiger partial charge in [0.1, 0.15) is 4.60 Å². The van der Waals surface area contributed by atoms with Gasteiger partial charge < -0.3 is 9.30 Å². The second kappa shape index (κ2) is 5.38. The van der Waals surface area contributed by atoms with E-state index in [1.807, 2.05) is 36.4 Å². The van der Waals surface area contributed by atoms with E-state index in [2.05, 4.69) is 36.8 Å². The van der Waals surface area contributed by atoms with Crippen molar-refractivity contribution in [2.75, 3.05) is 13.7 Å². The van der Waals surface area contributed by atoms with E-state index >= 15 is 0 Å². The highest BCUT2D eigenvalue weighted by Crippen LogP contribution is 2.30. The van der Waals surface area contributed by atoms with E-state index in [0.717, 1.165) is 27.8 Å². The first-order chi connectivity index (χ1) is 9.69. The molecule has 0 unspecified atom stereocenters. The summed E-state index contributed by atoms with van der Waals surface area (Å²) in [5.41, 5.74) is 3.37. The van der Waals surface area contributed by atoms with Crippen LogP contribution in [0.1, 0.15) is 0 Å². The lowest BCUT2D eigenvalue weighted by molar-refractivity contribution is 0.183. The standard InChI is InChI=1S/C14H15BrN4O/c1-18-9-12(11-5-14(15)16-7-13(11)18)10-6-17-19(8-10)3-4-20-2/h5-9H,3-4H2,1-2H3. The predicted octanol–water partition coefficient (Wildman–Crippen LogP) is 2.85. The third-order valence-electron chi connectivity index (χ3n) is 3.31. The molecule has 5 nitrogen and oxygen atoms in total. The number of pyridine rings is 1. The molecule has 0 N–H and O–H groups in total. The Bertz CT molecular complexity index is 747. The van der Waals surface area contributed by atoms with Crippen LogP contribution in [0.4, 0.5) is 0 Å². The number of aromatic nitrogens is 4. The maximum Gasteiger partial charge on any atom is 0.106 e. The molecule has 3 heterocycles. The third-order valence-corrected chi connectivity index (χ3v) is 3.74. The second-order valence-corrected chi connectivity index (χ2v) is 5.48. The predicted molar refractivity (Wildman–Crippen MR) is 81.5 cm³/mol. The van der Waals surface area contributed by atoms with Gasteiger partial charge in [0, 0.05) is 43.1 Å². The van der Waals surface area contributed by atoms with Gasteiger partial charge in [-0.2, -0.15) is 5.10 Å². The van der Waals surface area contributed by atoms with Crippen molar-refractivity contribution in [2.24, 2.45) is 7.05 Å². The molecular formula is C14H15BrN4O. The molecule has 0 saturated carbocycles. The highest BCUT2D eigenvalue weighted by atomic mass is 79.9. The number of hydrogen-bond acceptors (Lipinski definition) is 3. The zero-order valence-corrected chi connectivity index (χ0v) is 13.0. The van der Waals surface area contributed by atoms with Gasteiger partial charge in [-0.05, 0) is 22.0 Å². The van der Waals surface area contributed by atoms with E-state index in [9.17, 15) is 0 Å². The van der Waals surface area contributed by atoms with E-state index in [-0.39, 0.29) is 0 Å². The summed E-state index contributed by atoms with van der Waals surface area (Å²) < 4.78 is 9.89. The first kappa shape index (κ1) is 13.3. The van der Waals surface area contributed by atoms with Gasteiger partial charge in [-0.3, -0.25) is 4.68 Å². The minimum absolute atomic E-state index is 0.659. The number of halogens is 1. The molecule has 3 aromatic rings. The molecule has 6 heteroatoms. The normalized spacial score (nSPS) is 11.3.